The Hall–Kier alpha value is -4.89. The van der Waals surface area contributed by atoms with Crippen molar-refractivity contribution in [2.24, 2.45) is 0 Å². The Morgan fingerprint density at radius 1 is 0.488 bits per heavy atom. The van der Waals surface area contributed by atoms with Gasteiger partial charge in [-0.25, -0.2) is 9.97 Å². The molecule has 0 atom stereocenters. The van der Waals surface area contributed by atoms with E-state index in [4.69, 9.17) is 21.3 Å². The predicted octanol–water partition coefficient (Wildman–Crippen LogP) is 9.05. The minimum atomic E-state index is -2.95. The molecule has 0 aliphatic rings. The molecule has 0 fully saturated rings. The molecule has 0 N–H and O–H groups in total. The molecule has 5 aromatic carbocycles. The van der Waals surface area contributed by atoms with Gasteiger partial charge in [-0.05, 0) is 67.6 Å². The van der Waals surface area contributed by atoms with Crippen molar-refractivity contribution in [2.75, 3.05) is 0 Å². The number of para-hydroxylation sites is 2. The molecule has 0 aliphatic heterocycles. The van der Waals surface area contributed by atoms with Crippen LogP contribution in [0.15, 0.2) is 121 Å². The van der Waals surface area contributed by atoms with Crippen molar-refractivity contribution in [3.63, 3.8) is 0 Å². The molecule has 7 rings (SSSR count). The maximum atomic E-state index is 6.75. The summed E-state index contributed by atoms with van der Waals surface area (Å²) in [5.74, 6) is 1.96. The predicted molar refractivity (Wildman–Crippen MR) is 175 cm³/mol. The summed E-state index contributed by atoms with van der Waals surface area (Å²) in [6.07, 6.45) is 0. The van der Waals surface area contributed by atoms with E-state index in [1.165, 1.54) is 11.1 Å². The molecular weight excluding hydrogens is 547 g/mol. The molecule has 0 amide bonds. The van der Waals surface area contributed by atoms with Crippen molar-refractivity contribution in [3.8, 4) is 28.4 Å². The molecule has 0 saturated carbocycles. The van der Waals surface area contributed by atoms with Gasteiger partial charge in [0.25, 0.3) is 0 Å². The number of fused-ring (bicyclic) bond motifs is 3. The molecule has 5 nitrogen and oxygen atoms in total. The molecule has 0 spiro atoms. The van der Waals surface area contributed by atoms with Crippen molar-refractivity contribution in [1.82, 2.24) is 9.97 Å². The van der Waals surface area contributed by atoms with E-state index >= 15 is 0 Å². The zero-order valence-corrected chi connectivity index (χ0v) is 25.4. The summed E-state index contributed by atoms with van der Waals surface area (Å²) in [5, 5.41) is 4.07. The number of aromatic nitrogens is 2. The highest BCUT2D eigenvalue weighted by Crippen LogP contribution is 2.36. The van der Waals surface area contributed by atoms with E-state index in [0.29, 0.717) is 17.2 Å². The Kier molecular flexibility index (Phi) is 7.16. The second-order valence-corrected chi connectivity index (χ2v) is 12.0. The first kappa shape index (κ1) is 27.0. The molecular formula is C37H29AlN2O3. The molecule has 0 bridgehead atoms. The standard InChI is InChI=1S/C17H14O.2C10H9NO.Al/c1-12-5-4-6-13(11-12)14-9-10-17(18)16-8-3-2-7-15(14)16;2*1-7-5-6-8-3-2-4-9(12)10(8)11-7;/h2-11,18H,1H3;2*2-6,12H,1H3;/q;;;+3/p-3. The Bertz CT molecular complexity index is 2040. The quantitative estimate of drug-likeness (QED) is 0.177. The minimum Gasteiger partial charge on any atom is -0.577 e. The van der Waals surface area contributed by atoms with Crippen molar-refractivity contribution in [2.45, 2.75) is 20.8 Å². The van der Waals surface area contributed by atoms with Gasteiger partial charge in [-0.2, -0.15) is 0 Å². The second-order valence-electron chi connectivity index (χ2n) is 10.7. The molecule has 2 heterocycles. The maximum absolute atomic E-state index is 6.75. The first-order chi connectivity index (χ1) is 21.0. The summed E-state index contributed by atoms with van der Waals surface area (Å²) in [7, 11) is 0. The van der Waals surface area contributed by atoms with E-state index in [0.717, 1.165) is 49.5 Å². The zero-order valence-electron chi connectivity index (χ0n) is 24.2. The summed E-state index contributed by atoms with van der Waals surface area (Å²) in [6, 6.07) is 40.9. The van der Waals surface area contributed by atoms with Gasteiger partial charge in [0.1, 0.15) is 22.5 Å². The molecule has 43 heavy (non-hydrogen) atoms. The SMILES string of the molecule is Cc1cccc(-c2ccc([O][Al]([O]c3cccc4ccc(C)nc34)[O]c3cccc4ccc(C)nc34)c3ccccc23)c1. The van der Waals surface area contributed by atoms with Crippen LogP contribution in [-0.4, -0.2) is 25.1 Å². The van der Waals surface area contributed by atoms with E-state index in [9.17, 15) is 0 Å². The molecule has 0 aliphatic carbocycles. The third kappa shape index (κ3) is 5.51. The van der Waals surface area contributed by atoms with E-state index in [1.54, 1.807) is 0 Å². The van der Waals surface area contributed by atoms with Crippen LogP contribution in [0.3, 0.4) is 0 Å². The van der Waals surface area contributed by atoms with Crippen LogP contribution in [0.5, 0.6) is 17.2 Å². The smallest absolute Gasteiger partial charge is 0.577 e. The Morgan fingerprint density at radius 3 is 1.70 bits per heavy atom. The summed E-state index contributed by atoms with van der Waals surface area (Å²) >= 11 is -2.95. The van der Waals surface area contributed by atoms with E-state index in [1.807, 2.05) is 74.5 Å². The molecule has 2 aromatic heterocycles. The number of hydrogen-bond donors (Lipinski definition) is 0. The average Bonchev–Trinajstić information content (AvgIpc) is 3.02. The Balaban J connectivity index is 1.33. The van der Waals surface area contributed by atoms with Crippen LogP contribution in [0.2, 0.25) is 0 Å². The summed E-state index contributed by atoms with van der Waals surface area (Å²) in [4.78, 5) is 9.56. The van der Waals surface area contributed by atoms with E-state index in [-0.39, 0.29) is 0 Å². The topological polar surface area (TPSA) is 53.5 Å². The highest BCUT2D eigenvalue weighted by molar-refractivity contribution is 6.40. The number of aryl methyl sites for hydroxylation is 3. The number of rotatable bonds is 7. The lowest BCUT2D eigenvalue weighted by atomic mass is 9.97. The lowest BCUT2D eigenvalue weighted by molar-refractivity contribution is 0.311. The average molecular weight is 577 g/mol. The van der Waals surface area contributed by atoms with Crippen LogP contribution in [0.25, 0.3) is 43.7 Å². The fourth-order valence-electron chi connectivity index (χ4n) is 5.45. The highest BCUT2D eigenvalue weighted by Gasteiger charge is 2.45. The lowest BCUT2D eigenvalue weighted by Gasteiger charge is -2.20. The fourth-order valence-corrected chi connectivity index (χ4v) is 6.80. The van der Waals surface area contributed by atoms with Crippen molar-refractivity contribution in [1.29, 1.82) is 0 Å². The van der Waals surface area contributed by atoms with Gasteiger partial charge < -0.3 is 11.4 Å². The van der Waals surface area contributed by atoms with Gasteiger partial charge in [0, 0.05) is 27.5 Å². The van der Waals surface area contributed by atoms with Crippen LogP contribution in [0.4, 0.5) is 0 Å². The number of pyridine rings is 2. The van der Waals surface area contributed by atoms with Gasteiger partial charge in [-0.1, -0.05) is 96.6 Å². The van der Waals surface area contributed by atoms with Gasteiger partial charge in [-0.3, -0.25) is 0 Å². The van der Waals surface area contributed by atoms with Gasteiger partial charge in [0.15, 0.2) is 0 Å². The second kappa shape index (κ2) is 11.4. The first-order valence-electron chi connectivity index (χ1n) is 14.3. The monoisotopic (exact) mass is 576 g/mol. The zero-order chi connectivity index (χ0) is 29.3. The van der Waals surface area contributed by atoms with Gasteiger partial charge in [0.05, 0.1) is 5.75 Å². The van der Waals surface area contributed by atoms with Gasteiger partial charge >= 0.3 is 15.1 Å². The van der Waals surface area contributed by atoms with Crippen LogP contribution < -0.4 is 11.4 Å². The number of benzene rings is 5. The third-order valence-electron chi connectivity index (χ3n) is 7.53. The van der Waals surface area contributed by atoms with Gasteiger partial charge in [0.2, 0.25) is 0 Å². The largest absolute Gasteiger partial charge is 1.20 e. The van der Waals surface area contributed by atoms with Crippen LogP contribution in [0.1, 0.15) is 17.0 Å². The van der Waals surface area contributed by atoms with Crippen molar-refractivity contribution >= 4 is 47.7 Å². The third-order valence-corrected chi connectivity index (χ3v) is 8.87. The normalized spacial score (nSPS) is 11.1. The van der Waals surface area contributed by atoms with Crippen molar-refractivity contribution < 1.29 is 11.4 Å². The van der Waals surface area contributed by atoms with Crippen LogP contribution in [-0.2, 0) is 0 Å². The number of nitrogens with zero attached hydrogens (tertiary/aromatic N) is 2. The molecule has 0 unspecified atom stereocenters. The Labute approximate surface area is 255 Å². The minimum absolute atomic E-state index is 0.628. The molecule has 0 saturated heterocycles. The summed E-state index contributed by atoms with van der Waals surface area (Å²) in [6.45, 7) is 6.07. The first-order valence-corrected chi connectivity index (χ1v) is 15.7. The van der Waals surface area contributed by atoms with E-state index in [2.05, 4.69) is 67.6 Å². The molecule has 7 aromatic rings. The fraction of sp³-hybridized carbons (Fsp3) is 0.0811. The molecule has 0 radical (unpaired) electrons. The Morgan fingerprint density at radius 2 is 1.07 bits per heavy atom. The van der Waals surface area contributed by atoms with E-state index < -0.39 is 15.1 Å². The molecule has 208 valence electrons. The summed E-state index contributed by atoms with van der Waals surface area (Å²) < 4.78 is 20.1. The van der Waals surface area contributed by atoms with Crippen LogP contribution >= 0.6 is 0 Å². The van der Waals surface area contributed by atoms with Gasteiger partial charge in [-0.15, -0.1) is 0 Å². The van der Waals surface area contributed by atoms with Crippen LogP contribution in [0, 0.1) is 20.8 Å². The molecule has 6 heteroatoms. The number of hydrogen-bond acceptors (Lipinski definition) is 5. The maximum Gasteiger partial charge on any atom is 1.20 e. The summed E-state index contributed by atoms with van der Waals surface area (Å²) in [5.41, 5.74) is 6.91. The highest BCUT2D eigenvalue weighted by atomic mass is 27.3. The lowest BCUT2D eigenvalue weighted by Crippen LogP contribution is -2.37. The van der Waals surface area contributed by atoms with Crippen molar-refractivity contribution in [3.05, 3.63) is 138 Å².